The minimum atomic E-state index is -1.45. The molecule has 12 heteroatoms. The van der Waals surface area contributed by atoms with Crippen LogP contribution in [0.5, 0.6) is 11.5 Å². The molecule has 1 saturated carbocycles. The van der Waals surface area contributed by atoms with Gasteiger partial charge in [-0.15, -0.1) is 0 Å². The smallest absolute Gasteiger partial charge is 0.339 e. The van der Waals surface area contributed by atoms with Crippen LogP contribution in [-0.2, 0) is 24.6 Å². The summed E-state index contributed by atoms with van der Waals surface area (Å²) in [5.41, 5.74) is 0.627. The van der Waals surface area contributed by atoms with Crippen LogP contribution in [0.25, 0.3) is 0 Å². The Kier molecular flexibility index (Phi) is 8.43. The highest BCUT2D eigenvalue weighted by atomic mass is 35.5. The van der Waals surface area contributed by atoms with Crippen LogP contribution in [0, 0.1) is 23.7 Å². The number of hydrogen-bond acceptors (Lipinski definition) is 8. The Morgan fingerprint density at radius 1 is 0.830 bits per heavy atom. The average molecular weight is 733 g/mol. The predicted molar refractivity (Wildman–Crippen MR) is 193 cm³/mol. The number of carboxylic acid groups (broad SMARTS) is 1. The van der Waals surface area contributed by atoms with Gasteiger partial charge in [-0.05, 0) is 72.4 Å². The number of aliphatic hydroxyl groups excluding tert-OH is 1. The number of carboxylic acids is 1. The second-order valence-corrected chi connectivity index (χ2v) is 14.2. The number of ether oxygens (including phenoxy) is 1. The third-order valence-electron chi connectivity index (χ3n) is 11.2. The van der Waals surface area contributed by atoms with Crippen LogP contribution < -0.4 is 14.5 Å². The lowest BCUT2D eigenvalue weighted by atomic mass is 9.49. The van der Waals surface area contributed by atoms with Gasteiger partial charge >= 0.3 is 5.97 Å². The molecule has 4 amide bonds. The summed E-state index contributed by atoms with van der Waals surface area (Å²) in [4.78, 5) is 72.5. The maximum absolute atomic E-state index is 15.3. The van der Waals surface area contributed by atoms with Gasteiger partial charge < -0.3 is 20.1 Å². The number of allylic oxidation sites excluding steroid dienone is 2. The molecule has 6 unspecified atom stereocenters. The van der Waals surface area contributed by atoms with Crippen molar-refractivity contribution in [3.63, 3.8) is 0 Å². The number of hydrogen-bond donors (Lipinski definition) is 3. The third-order valence-corrected chi connectivity index (χ3v) is 11.4. The summed E-state index contributed by atoms with van der Waals surface area (Å²) in [7, 11) is 0. The minimum absolute atomic E-state index is 0.0437. The molecule has 2 aliphatic heterocycles. The van der Waals surface area contributed by atoms with Gasteiger partial charge in [0.25, 0.3) is 0 Å². The van der Waals surface area contributed by atoms with E-state index in [4.69, 9.17) is 16.3 Å². The number of fused-ring (bicyclic) bond motifs is 4. The summed E-state index contributed by atoms with van der Waals surface area (Å²) in [5, 5.41) is 29.5. The van der Waals surface area contributed by atoms with Crippen molar-refractivity contribution >= 4 is 52.6 Å². The van der Waals surface area contributed by atoms with Gasteiger partial charge in [-0.25, -0.2) is 14.6 Å². The fourth-order valence-electron chi connectivity index (χ4n) is 9.13. The van der Waals surface area contributed by atoms with Crippen LogP contribution in [0.1, 0.15) is 40.2 Å². The number of imide groups is 2. The number of phenols is 1. The zero-order chi connectivity index (χ0) is 37.2. The molecule has 0 radical (unpaired) electrons. The molecule has 2 aliphatic carbocycles. The number of amides is 4. The molecule has 0 bridgehead atoms. The molecule has 2 saturated heterocycles. The molecule has 11 nitrogen and oxygen atoms in total. The quantitative estimate of drug-likeness (QED) is 0.157. The van der Waals surface area contributed by atoms with Crippen LogP contribution in [-0.4, -0.2) is 58.1 Å². The van der Waals surface area contributed by atoms with Gasteiger partial charge in [0.05, 0.1) is 41.2 Å². The first-order valence-electron chi connectivity index (χ1n) is 17.2. The average Bonchev–Trinajstić information content (AvgIpc) is 3.55. The van der Waals surface area contributed by atoms with E-state index in [-0.39, 0.29) is 37.3 Å². The SMILES string of the molecule is O=C(O)c1ccc(N2C(=O)C3CC=C4C(CC5C(=O)N(c6cccc(Cl)c6)C(=O)C5(c5ccccc5)C4c4ccc(OCCO)cc4)C3C2=O)cc1O. The number of aromatic hydroxyl groups is 1. The van der Waals surface area contributed by atoms with Crippen molar-refractivity contribution in [2.75, 3.05) is 23.0 Å². The van der Waals surface area contributed by atoms with Crippen molar-refractivity contribution in [1.82, 2.24) is 0 Å². The number of anilines is 2. The van der Waals surface area contributed by atoms with Crippen molar-refractivity contribution in [2.45, 2.75) is 24.2 Å². The Balaban J connectivity index is 1.30. The number of halogens is 1. The first kappa shape index (κ1) is 34.3. The summed E-state index contributed by atoms with van der Waals surface area (Å²) in [6.45, 7) is -0.0938. The van der Waals surface area contributed by atoms with Gasteiger partial charge in [0.2, 0.25) is 23.6 Å². The van der Waals surface area contributed by atoms with Gasteiger partial charge in [-0.1, -0.05) is 71.8 Å². The Labute approximate surface area is 308 Å². The van der Waals surface area contributed by atoms with Gasteiger partial charge in [0.1, 0.15) is 23.7 Å². The Morgan fingerprint density at radius 2 is 1.57 bits per heavy atom. The molecule has 0 aromatic heterocycles. The van der Waals surface area contributed by atoms with E-state index in [2.05, 4.69) is 0 Å². The normalized spacial score (nSPS) is 26.2. The van der Waals surface area contributed by atoms with Gasteiger partial charge in [0, 0.05) is 17.0 Å². The van der Waals surface area contributed by atoms with Crippen molar-refractivity contribution < 1.29 is 44.0 Å². The number of rotatable bonds is 8. The summed E-state index contributed by atoms with van der Waals surface area (Å²) in [6.07, 6.45) is 2.21. The van der Waals surface area contributed by atoms with Crippen LogP contribution in [0.4, 0.5) is 11.4 Å². The second-order valence-electron chi connectivity index (χ2n) is 13.8. The van der Waals surface area contributed by atoms with Crippen LogP contribution in [0.2, 0.25) is 5.02 Å². The maximum Gasteiger partial charge on any atom is 0.339 e. The third kappa shape index (κ3) is 5.17. The molecule has 3 N–H and O–H groups in total. The number of carbonyl (C=O) groups excluding carboxylic acids is 4. The summed E-state index contributed by atoms with van der Waals surface area (Å²) in [6, 6.07) is 26.4. The molecule has 4 aromatic rings. The fraction of sp³-hybridized carbons (Fsp3) is 0.244. The van der Waals surface area contributed by atoms with E-state index in [1.54, 1.807) is 36.4 Å². The van der Waals surface area contributed by atoms with E-state index in [1.807, 2.05) is 48.5 Å². The molecular formula is C41H33ClN2O9. The largest absolute Gasteiger partial charge is 0.507 e. The highest BCUT2D eigenvalue weighted by molar-refractivity contribution is 6.32. The molecule has 6 atom stereocenters. The van der Waals surface area contributed by atoms with Gasteiger partial charge in [-0.2, -0.15) is 0 Å². The van der Waals surface area contributed by atoms with E-state index >= 15 is 4.79 Å². The highest BCUT2D eigenvalue weighted by Crippen LogP contribution is 2.64. The van der Waals surface area contributed by atoms with E-state index in [1.165, 1.54) is 11.0 Å². The summed E-state index contributed by atoms with van der Waals surface area (Å²) >= 11 is 6.38. The van der Waals surface area contributed by atoms with E-state index in [9.17, 15) is 34.5 Å². The number of carbonyl (C=O) groups is 5. The number of benzene rings is 4. The Bertz CT molecular complexity index is 2220. The number of aromatic carboxylic acids is 1. The Morgan fingerprint density at radius 3 is 2.25 bits per heavy atom. The van der Waals surface area contributed by atoms with Crippen molar-refractivity contribution in [2.24, 2.45) is 23.7 Å². The van der Waals surface area contributed by atoms with Crippen LogP contribution >= 0.6 is 11.6 Å². The van der Waals surface area contributed by atoms with Crippen LogP contribution in [0.3, 0.4) is 0 Å². The monoisotopic (exact) mass is 732 g/mol. The maximum atomic E-state index is 15.3. The molecule has 4 aromatic carbocycles. The summed E-state index contributed by atoms with van der Waals surface area (Å²) < 4.78 is 5.65. The van der Waals surface area contributed by atoms with E-state index < -0.39 is 70.4 Å². The molecule has 53 heavy (non-hydrogen) atoms. The second kappa shape index (κ2) is 13.0. The zero-order valence-electron chi connectivity index (χ0n) is 28.1. The van der Waals surface area contributed by atoms with E-state index in [0.29, 0.717) is 27.6 Å². The first-order chi connectivity index (χ1) is 25.6. The predicted octanol–water partition coefficient (Wildman–Crippen LogP) is 5.48. The molecule has 2 heterocycles. The number of aliphatic hydroxyl groups is 1. The minimum Gasteiger partial charge on any atom is -0.507 e. The lowest BCUT2D eigenvalue weighted by Crippen LogP contribution is -2.53. The highest BCUT2D eigenvalue weighted by Gasteiger charge is 2.70. The van der Waals surface area contributed by atoms with E-state index in [0.717, 1.165) is 22.6 Å². The lowest BCUT2D eigenvalue weighted by molar-refractivity contribution is -0.127. The van der Waals surface area contributed by atoms with Gasteiger partial charge in [-0.3, -0.25) is 19.2 Å². The fourth-order valence-corrected chi connectivity index (χ4v) is 9.32. The van der Waals surface area contributed by atoms with Crippen molar-refractivity contribution in [3.8, 4) is 11.5 Å². The molecule has 8 rings (SSSR count). The van der Waals surface area contributed by atoms with Crippen LogP contribution in [0.15, 0.2) is 109 Å². The molecule has 3 fully saturated rings. The number of nitrogens with zero attached hydrogens (tertiary/aromatic N) is 2. The summed E-state index contributed by atoms with van der Waals surface area (Å²) in [5.74, 6) is -7.36. The topological polar surface area (TPSA) is 162 Å². The molecule has 4 aliphatic rings. The molecule has 268 valence electrons. The van der Waals surface area contributed by atoms with Crippen molar-refractivity contribution in [3.05, 3.63) is 130 Å². The standard InChI is InChI=1S/C41H33ClN2O9/c42-24-7-4-8-25(19-24)44-37(48)32-21-31-28(15-16-30-34(31)38(49)43(36(30)47)26-11-14-29(39(50)51)33(46)20-26)35(22-9-12-27(13-10-22)53-18-17-45)41(32,40(44)52)23-5-2-1-3-6-23/h1-15,19-20,30-32,34-35,45-46H,16-18,21H2,(H,50,51). The van der Waals surface area contributed by atoms with Crippen molar-refractivity contribution in [1.29, 1.82) is 0 Å². The first-order valence-corrected chi connectivity index (χ1v) is 17.6. The molecular weight excluding hydrogens is 700 g/mol. The van der Waals surface area contributed by atoms with Gasteiger partial charge in [0.15, 0.2) is 0 Å². The lowest BCUT2D eigenvalue weighted by Gasteiger charge is -2.50. The Hall–Kier alpha value is -5.78. The zero-order valence-corrected chi connectivity index (χ0v) is 28.8. The molecule has 0 spiro atoms.